The summed E-state index contributed by atoms with van der Waals surface area (Å²) in [5, 5.41) is 9.58. The van der Waals surface area contributed by atoms with E-state index in [4.69, 9.17) is 21.4 Å². The zero-order valence-electron chi connectivity index (χ0n) is 12.3. The Morgan fingerprint density at radius 3 is 2.77 bits per heavy atom. The summed E-state index contributed by atoms with van der Waals surface area (Å²) >= 11 is 5.99. The quantitative estimate of drug-likeness (QED) is 0.910. The number of ether oxygens (including phenoxy) is 1. The minimum absolute atomic E-state index is 0.0225. The van der Waals surface area contributed by atoms with E-state index in [-0.39, 0.29) is 12.5 Å². The summed E-state index contributed by atoms with van der Waals surface area (Å²) in [5.41, 5.74) is 1.51. The van der Waals surface area contributed by atoms with Crippen LogP contribution >= 0.6 is 11.6 Å². The summed E-state index contributed by atoms with van der Waals surface area (Å²) in [4.78, 5) is 16.6. The first-order valence-electron chi connectivity index (χ1n) is 7.43. The van der Waals surface area contributed by atoms with Crippen LogP contribution in [0.2, 0.25) is 5.02 Å². The number of carbonyl (C=O) groups is 1. The summed E-state index contributed by atoms with van der Waals surface area (Å²) in [6.07, 6.45) is 1.87. The average Bonchev–Trinajstić information content (AvgIpc) is 2.54. The summed E-state index contributed by atoms with van der Waals surface area (Å²) < 4.78 is 5.64. The molecule has 0 spiro atoms. The van der Waals surface area contributed by atoms with Gasteiger partial charge in [0.2, 0.25) is 0 Å². The average molecular weight is 323 g/mol. The van der Waals surface area contributed by atoms with Crippen LogP contribution in [-0.4, -0.2) is 66.8 Å². The highest BCUT2D eigenvalue weighted by Gasteiger charge is 2.25. The van der Waals surface area contributed by atoms with Crippen LogP contribution in [0, 0.1) is 0 Å². The molecule has 0 unspecified atom stereocenters. The number of aliphatic hydroxyl groups is 1. The second-order valence-corrected chi connectivity index (χ2v) is 5.93. The molecule has 1 N–H and O–H groups in total. The minimum Gasteiger partial charge on any atom is -0.488 e. The van der Waals surface area contributed by atoms with Crippen molar-refractivity contribution in [2.45, 2.75) is 0 Å². The van der Waals surface area contributed by atoms with E-state index in [2.05, 4.69) is 4.90 Å². The fraction of sp³-hybridized carbons (Fsp3) is 0.438. The molecule has 118 valence electrons. The van der Waals surface area contributed by atoms with Gasteiger partial charge in [-0.25, -0.2) is 0 Å². The lowest BCUT2D eigenvalue weighted by atomic mass is 10.1. The predicted molar refractivity (Wildman–Crippen MR) is 85.0 cm³/mol. The molecule has 2 aliphatic rings. The van der Waals surface area contributed by atoms with Crippen LogP contribution < -0.4 is 4.74 Å². The molecular weight excluding hydrogens is 304 g/mol. The summed E-state index contributed by atoms with van der Waals surface area (Å²) in [6, 6.07) is 5.41. The third-order valence-electron chi connectivity index (χ3n) is 4.04. The van der Waals surface area contributed by atoms with Crippen LogP contribution in [0.5, 0.6) is 5.75 Å². The maximum Gasteiger partial charge on any atom is 0.253 e. The monoisotopic (exact) mass is 322 g/mol. The van der Waals surface area contributed by atoms with Crippen LogP contribution in [0.25, 0.3) is 6.08 Å². The Morgan fingerprint density at radius 1 is 1.27 bits per heavy atom. The fourth-order valence-corrected chi connectivity index (χ4v) is 2.97. The molecule has 0 bridgehead atoms. The van der Waals surface area contributed by atoms with Crippen molar-refractivity contribution in [1.29, 1.82) is 0 Å². The van der Waals surface area contributed by atoms with Crippen molar-refractivity contribution >= 4 is 23.6 Å². The Labute approximate surface area is 134 Å². The highest BCUT2D eigenvalue weighted by atomic mass is 35.5. The predicted octanol–water partition coefficient (Wildman–Crippen LogP) is 1.25. The van der Waals surface area contributed by atoms with Gasteiger partial charge < -0.3 is 14.7 Å². The molecular formula is C16H19ClN2O3. The number of nitrogens with zero attached hydrogens (tertiary/aromatic N) is 2. The van der Waals surface area contributed by atoms with Gasteiger partial charge in [-0.3, -0.25) is 9.69 Å². The van der Waals surface area contributed by atoms with Crippen molar-refractivity contribution in [2.75, 3.05) is 45.9 Å². The van der Waals surface area contributed by atoms with Crippen molar-refractivity contribution in [3.05, 3.63) is 34.4 Å². The van der Waals surface area contributed by atoms with Gasteiger partial charge in [-0.2, -0.15) is 0 Å². The number of carbonyl (C=O) groups excluding carboxylic acids is 1. The Morgan fingerprint density at radius 2 is 2.05 bits per heavy atom. The van der Waals surface area contributed by atoms with Crippen molar-refractivity contribution in [3.63, 3.8) is 0 Å². The zero-order chi connectivity index (χ0) is 15.5. The van der Waals surface area contributed by atoms with E-state index in [0.29, 0.717) is 36.8 Å². The maximum atomic E-state index is 12.6. The summed E-state index contributed by atoms with van der Waals surface area (Å²) in [6.45, 7) is 4.07. The van der Waals surface area contributed by atoms with E-state index < -0.39 is 0 Å². The van der Waals surface area contributed by atoms with Crippen LogP contribution in [0.4, 0.5) is 0 Å². The molecule has 1 fully saturated rings. The number of hydrogen-bond donors (Lipinski definition) is 1. The Balaban J connectivity index is 1.69. The normalized spacial score (nSPS) is 18.5. The van der Waals surface area contributed by atoms with Crippen LogP contribution in [0.1, 0.15) is 5.56 Å². The molecule has 1 amide bonds. The molecule has 2 aliphatic heterocycles. The van der Waals surface area contributed by atoms with Crippen molar-refractivity contribution in [2.24, 2.45) is 0 Å². The first-order valence-corrected chi connectivity index (χ1v) is 7.80. The van der Waals surface area contributed by atoms with Gasteiger partial charge in [-0.05, 0) is 24.3 Å². The molecule has 2 heterocycles. The first kappa shape index (κ1) is 15.3. The number of fused-ring (bicyclic) bond motifs is 1. The Bertz CT molecular complexity index is 595. The van der Waals surface area contributed by atoms with E-state index in [1.807, 2.05) is 23.1 Å². The Kier molecular flexibility index (Phi) is 4.66. The number of amides is 1. The standard InChI is InChI=1S/C16H19ClN2O3/c17-14-1-2-15-12(10-14)9-13(11-22-15)16(21)19-5-3-18(4-6-19)7-8-20/h1-2,9-10,20H,3-8,11H2. The molecule has 1 aromatic carbocycles. The molecule has 5 nitrogen and oxygen atoms in total. The molecule has 3 rings (SSSR count). The fourth-order valence-electron chi connectivity index (χ4n) is 2.79. The van der Waals surface area contributed by atoms with E-state index in [0.717, 1.165) is 24.4 Å². The number of aliphatic hydroxyl groups excluding tert-OH is 1. The molecule has 22 heavy (non-hydrogen) atoms. The number of rotatable bonds is 3. The molecule has 0 atom stereocenters. The molecule has 0 radical (unpaired) electrons. The van der Waals surface area contributed by atoms with E-state index in [9.17, 15) is 4.79 Å². The molecule has 1 aromatic rings. The minimum atomic E-state index is 0.0225. The topological polar surface area (TPSA) is 53.0 Å². The van der Waals surface area contributed by atoms with Gasteiger partial charge in [0, 0.05) is 43.3 Å². The van der Waals surface area contributed by atoms with Gasteiger partial charge >= 0.3 is 0 Å². The first-order chi connectivity index (χ1) is 10.7. The number of β-amino-alcohol motifs (C(OH)–C–C–N with tert-alkyl or cyclic N) is 1. The number of halogens is 1. The molecule has 0 saturated carbocycles. The van der Waals surface area contributed by atoms with Gasteiger partial charge in [0.05, 0.1) is 12.2 Å². The highest BCUT2D eigenvalue weighted by Crippen LogP contribution is 2.29. The summed E-state index contributed by atoms with van der Waals surface area (Å²) in [5.74, 6) is 0.781. The highest BCUT2D eigenvalue weighted by molar-refractivity contribution is 6.30. The van der Waals surface area contributed by atoms with Gasteiger partial charge in [-0.1, -0.05) is 11.6 Å². The molecule has 0 aliphatic carbocycles. The molecule has 1 saturated heterocycles. The van der Waals surface area contributed by atoms with E-state index in [1.54, 1.807) is 6.07 Å². The van der Waals surface area contributed by atoms with Gasteiger partial charge in [0.15, 0.2) is 0 Å². The lowest BCUT2D eigenvalue weighted by Gasteiger charge is -2.35. The van der Waals surface area contributed by atoms with Crippen LogP contribution in [0.15, 0.2) is 23.8 Å². The van der Waals surface area contributed by atoms with Gasteiger partial charge in [0.25, 0.3) is 5.91 Å². The van der Waals surface area contributed by atoms with Gasteiger partial charge in [-0.15, -0.1) is 0 Å². The zero-order valence-corrected chi connectivity index (χ0v) is 13.1. The number of hydrogen-bond acceptors (Lipinski definition) is 4. The second kappa shape index (κ2) is 6.69. The van der Waals surface area contributed by atoms with Crippen molar-refractivity contribution in [1.82, 2.24) is 9.80 Å². The third-order valence-corrected chi connectivity index (χ3v) is 4.27. The molecule has 6 heteroatoms. The third kappa shape index (κ3) is 3.27. The Hall–Kier alpha value is -1.56. The lowest BCUT2D eigenvalue weighted by molar-refractivity contribution is -0.129. The van der Waals surface area contributed by atoms with Gasteiger partial charge in [0.1, 0.15) is 12.4 Å². The largest absolute Gasteiger partial charge is 0.488 e. The van der Waals surface area contributed by atoms with Crippen LogP contribution in [-0.2, 0) is 4.79 Å². The maximum absolute atomic E-state index is 12.6. The lowest BCUT2D eigenvalue weighted by Crippen LogP contribution is -2.50. The van der Waals surface area contributed by atoms with Crippen LogP contribution in [0.3, 0.4) is 0 Å². The smallest absolute Gasteiger partial charge is 0.253 e. The summed E-state index contributed by atoms with van der Waals surface area (Å²) in [7, 11) is 0. The van der Waals surface area contributed by atoms with E-state index >= 15 is 0 Å². The van der Waals surface area contributed by atoms with E-state index in [1.165, 1.54) is 0 Å². The van der Waals surface area contributed by atoms with Crippen molar-refractivity contribution in [3.8, 4) is 5.75 Å². The number of piperazine rings is 1. The second-order valence-electron chi connectivity index (χ2n) is 5.50. The molecule has 0 aromatic heterocycles. The van der Waals surface area contributed by atoms with Crippen molar-refractivity contribution < 1.29 is 14.6 Å². The number of benzene rings is 1. The SMILES string of the molecule is O=C(C1=Cc2cc(Cl)ccc2OC1)N1CCN(CCO)CC1.